The molecule has 0 unspecified atom stereocenters. The molecular weight excluding hydrogens is 803 g/mol. The van der Waals surface area contributed by atoms with Crippen molar-refractivity contribution in [3.8, 4) is 0 Å². The van der Waals surface area contributed by atoms with E-state index in [1.807, 2.05) is 24.3 Å². The number of alkyl halides is 9. The highest BCUT2D eigenvalue weighted by Gasteiger charge is 2.39. The van der Waals surface area contributed by atoms with Gasteiger partial charge in [-0.15, -0.1) is 0 Å². The van der Waals surface area contributed by atoms with Crippen LogP contribution < -0.4 is 20.7 Å². The van der Waals surface area contributed by atoms with Crippen molar-refractivity contribution in [3.63, 3.8) is 0 Å². The van der Waals surface area contributed by atoms with E-state index < -0.39 is 62.2 Å². The molecule has 318 valence electrons. The van der Waals surface area contributed by atoms with Gasteiger partial charge in [-0.2, -0.15) is 44.5 Å². The number of alkyl carbamates (subject to hydrolysis) is 1. The standard InChI is InChI=1S/C33H42F6N6O4S.C2HF3O2/c1-31(2,3)49-30(46)41-15-7-6-14-40-28-26-8-4-5-9-27(26)44-29(45-28)42-19-21-10-12-22(13-11-21)20-43-50(47,48)25-17-23(32(34,35)36)16-24(18-25)33(37,38)39;3-2(4,5)1(6)7/h4-5,8-9,16-18,21-22,43H,6-7,10-15,19-20H2,1-3H3,(H,41,46)(H2,40,42,44,45);(H,6,7). The van der Waals surface area contributed by atoms with Crippen LogP contribution in [0.3, 0.4) is 0 Å². The molecule has 1 amide bonds. The molecule has 1 fully saturated rings. The van der Waals surface area contributed by atoms with E-state index >= 15 is 0 Å². The van der Waals surface area contributed by atoms with Crippen LogP contribution in [0.1, 0.15) is 70.4 Å². The number of hydrogen-bond acceptors (Lipinski definition) is 9. The van der Waals surface area contributed by atoms with E-state index in [0.29, 0.717) is 44.2 Å². The van der Waals surface area contributed by atoms with E-state index in [9.17, 15) is 52.7 Å². The number of carbonyl (C=O) groups excluding carboxylic acids is 1. The van der Waals surface area contributed by atoms with Crippen LogP contribution in [0.25, 0.3) is 10.9 Å². The number of carboxylic acid groups (broad SMARTS) is 1. The number of halogens is 9. The minimum Gasteiger partial charge on any atom is -0.475 e. The highest BCUT2D eigenvalue weighted by molar-refractivity contribution is 7.89. The first-order chi connectivity index (χ1) is 26.2. The molecule has 1 aliphatic carbocycles. The molecule has 5 N–H and O–H groups in total. The zero-order chi connectivity index (χ0) is 42.8. The second kappa shape index (κ2) is 19.2. The predicted octanol–water partition coefficient (Wildman–Crippen LogP) is 8.21. The Balaban J connectivity index is 0.00000113. The summed E-state index contributed by atoms with van der Waals surface area (Å²) in [4.78, 5) is 28.9. The summed E-state index contributed by atoms with van der Waals surface area (Å²) in [5.41, 5.74) is -3.20. The zero-order valence-electron chi connectivity index (χ0n) is 31.0. The monoisotopic (exact) mass is 846 g/mol. The lowest BCUT2D eigenvalue weighted by molar-refractivity contribution is -0.192. The minimum atomic E-state index is -5.16. The van der Waals surface area contributed by atoms with Crippen molar-refractivity contribution >= 4 is 44.8 Å². The highest BCUT2D eigenvalue weighted by Crippen LogP contribution is 2.37. The summed E-state index contributed by atoms with van der Waals surface area (Å²) in [5, 5.41) is 17.4. The number of carboxylic acids is 1. The molecule has 0 atom stereocenters. The summed E-state index contributed by atoms with van der Waals surface area (Å²) in [6.45, 7) is 6.93. The van der Waals surface area contributed by atoms with Gasteiger partial charge in [0.15, 0.2) is 0 Å². The first-order valence-electron chi connectivity index (χ1n) is 17.6. The lowest BCUT2D eigenvalue weighted by Crippen LogP contribution is -2.33. The Morgan fingerprint density at radius 1 is 0.789 bits per heavy atom. The highest BCUT2D eigenvalue weighted by atomic mass is 32.2. The molecule has 1 saturated carbocycles. The molecule has 0 bridgehead atoms. The number of aliphatic carboxylic acids is 1. The van der Waals surface area contributed by atoms with Crippen LogP contribution in [-0.2, 0) is 31.9 Å². The molecule has 0 radical (unpaired) electrons. The number of sulfonamides is 1. The number of rotatable bonds is 13. The Labute approximate surface area is 322 Å². The Bertz CT molecular complexity index is 1900. The summed E-state index contributed by atoms with van der Waals surface area (Å²) in [6, 6.07) is 7.89. The molecule has 1 heterocycles. The lowest BCUT2D eigenvalue weighted by atomic mass is 9.82. The fourth-order valence-corrected chi connectivity index (χ4v) is 6.71. The maximum absolute atomic E-state index is 13.2. The molecule has 0 spiro atoms. The smallest absolute Gasteiger partial charge is 0.475 e. The molecule has 57 heavy (non-hydrogen) atoms. The number of carbonyl (C=O) groups is 2. The number of anilines is 2. The van der Waals surface area contributed by atoms with Crippen molar-refractivity contribution in [1.29, 1.82) is 0 Å². The van der Waals surface area contributed by atoms with Crippen molar-refractivity contribution in [3.05, 3.63) is 53.6 Å². The van der Waals surface area contributed by atoms with Crippen LogP contribution in [-0.4, -0.2) is 73.5 Å². The van der Waals surface area contributed by atoms with Gasteiger partial charge in [0.2, 0.25) is 16.0 Å². The third-order valence-corrected chi connectivity index (χ3v) is 9.76. The summed E-state index contributed by atoms with van der Waals surface area (Å²) in [6.07, 6.45) is -11.7. The molecule has 2 aromatic carbocycles. The van der Waals surface area contributed by atoms with Crippen LogP contribution in [0.4, 0.5) is 56.1 Å². The third-order valence-electron chi connectivity index (χ3n) is 8.36. The average molecular weight is 847 g/mol. The quantitative estimate of drug-likeness (QED) is 0.0834. The van der Waals surface area contributed by atoms with Gasteiger partial charge in [0.05, 0.1) is 21.5 Å². The Morgan fingerprint density at radius 2 is 1.32 bits per heavy atom. The number of unbranched alkanes of at least 4 members (excludes halogenated alkanes) is 1. The Hall–Kier alpha value is -4.60. The van der Waals surface area contributed by atoms with Crippen LogP contribution in [0.5, 0.6) is 0 Å². The minimum absolute atomic E-state index is 0.106. The summed E-state index contributed by atoms with van der Waals surface area (Å²) < 4.78 is 144. The van der Waals surface area contributed by atoms with E-state index in [2.05, 4.69) is 30.6 Å². The molecule has 1 aliphatic rings. The fourth-order valence-electron chi connectivity index (χ4n) is 5.52. The van der Waals surface area contributed by atoms with E-state index in [1.54, 1.807) is 20.8 Å². The van der Waals surface area contributed by atoms with E-state index in [1.165, 1.54) is 0 Å². The Morgan fingerprint density at radius 3 is 1.84 bits per heavy atom. The van der Waals surface area contributed by atoms with Crippen molar-refractivity contribution in [1.82, 2.24) is 20.0 Å². The van der Waals surface area contributed by atoms with Gasteiger partial charge in [-0.1, -0.05) is 12.1 Å². The van der Waals surface area contributed by atoms with Crippen LogP contribution in [0.2, 0.25) is 0 Å². The van der Waals surface area contributed by atoms with Crippen LogP contribution in [0, 0.1) is 11.8 Å². The van der Waals surface area contributed by atoms with Crippen molar-refractivity contribution in [2.75, 3.05) is 36.8 Å². The lowest BCUT2D eigenvalue weighted by Gasteiger charge is -2.28. The number of benzene rings is 2. The predicted molar refractivity (Wildman–Crippen MR) is 191 cm³/mol. The van der Waals surface area contributed by atoms with E-state index in [-0.39, 0.29) is 36.6 Å². The number of fused-ring (bicyclic) bond motifs is 1. The molecular formula is C35H43F9N6O6S. The number of hydrogen-bond donors (Lipinski definition) is 5. The number of aromatic nitrogens is 2. The fraction of sp³-hybridized carbons (Fsp3) is 0.543. The van der Waals surface area contributed by atoms with Crippen molar-refractivity contribution < 1.29 is 67.4 Å². The normalized spacial score (nSPS) is 16.6. The van der Waals surface area contributed by atoms with Crippen molar-refractivity contribution in [2.45, 2.75) is 88.3 Å². The summed E-state index contributed by atoms with van der Waals surface area (Å²) in [5.74, 6) is -1.58. The van der Waals surface area contributed by atoms with Gasteiger partial charge >= 0.3 is 30.6 Å². The average Bonchev–Trinajstić information content (AvgIpc) is 3.10. The van der Waals surface area contributed by atoms with Gasteiger partial charge in [0, 0.05) is 31.6 Å². The van der Waals surface area contributed by atoms with E-state index in [4.69, 9.17) is 14.6 Å². The molecule has 1 aromatic heterocycles. The van der Waals surface area contributed by atoms with Crippen LogP contribution in [0.15, 0.2) is 47.4 Å². The molecule has 0 saturated heterocycles. The number of nitrogens with zero attached hydrogens (tertiary/aromatic N) is 2. The largest absolute Gasteiger partial charge is 0.490 e. The first kappa shape index (κ1) is 46.8. The number of ether oxygens (including phenoxy) is 1. The van der Waals surface area contributed by atoms with Crippen molar-refractivity contribution in [2.24, 2.45) is 11.8 Å². The first-order valence-corrected chi connectivity index (χ1v) is 19.0. The summed E-state index contributed by atoms with van der Waals surface area (Å²) >= 11 is 0. The maximum atomic E-state index is 13.2. The van der Waals surface area contributed by atoms with Gasteiger partial charge in [0.25, 0.3) is 0 Å². The molecule has 12 nitrogen and oxygen atoms in total. The molecule has 4 rings (SSSR count). The second-order valence-corrected chi connectivity index (χ2v) is 15.9. The zero-order valence-corrected chi connectivity index (χ0v) is 31.8. The number of nitrogens with one attached hydrogen (secondary N) is 4. The third kappa shape index (κ3) is 15.7. The SMILES string of the molecule is CC(C)(C)OC(=O)NCCCCNc1nc(NCC2CCC(CNS(=O)(=O)c3cc(C(F)(F)F)cc(C(F)(F)F)c3)CC2)nc2ccccc12.O=C(O)C(F)(F)F. The maximum Gasteiger partial charge on any atom is 0.490 e. The number of amides is 1. The molecule has 3 aromatic rings. The second-order valence-electron chi connectivity index (χ2n) is 14.1. The topological polar surface area (TPSA) is 172 Å². The van der Waals surface area contributed by atoms with Gasteiger partial charge < -0.3 is 25.8 Å². The molecule has 0 aliphatic heterocycles. The van der Waals surface area contributed by atoms with Crippen LogP contribution >= 0.6 is 0 Å². The van der Waals surface area contributed by atoms with Gasteiger partial charge in [-0.25, -0.2) is 27.7 Å². The van der Waals surface area contributed by atoms with E-state index in [0.717, 1.165) is 36.6 Å². The van der Waals surface area contributed by atoms with Gasteiger partial charge in [0.1, 0.15) is 11.4 Å². The summed E-state index contributed by atoms with van der Waals surface area (Å²) in [7, 11) is -4.63. The number of para-hydroxylation sites is 1. The molecule has 22 heteroatoms. The van der Waals surface area contributed by atoms with Gasteiger partial charge in [-0.3, -0.25) is 0 Å². The Kier molecular flexibility index (Phi) is 15.8. The van der Waals surface area contributed by atoms with Gasteiger partial charge in [-0.05, 0) is 101 Å².